The van der Waals surface area contributed by atoms with Crippen molar-refractivity contribution < 1.29 is 0 Å². The zero-order valence-corrected chi connectivity index (χ0v) is 10.4. The van der Waals surface area contributed by atoms with Crippen LogP contribution in [0.25, 0.3) is 0 Å². The summed E-state index contributed by atoms with van der Waals surface area (Å²) in [6, 6.07) is 0.835. The van der Waals surface area contributed by atoms with E-state index in [0.717, 1.165) is 6.04 Å². The van der Waals surface area contributed by atoms with Crippen LogP contribution in [0, 0.1) is 0 Å². The van der Waals surface area contributed by atoms with Gasteiger partial charge in [0.05, 0.1) is 0 Å². The van der Waals surface area contributed by atoms with Crippen LogP contribution in [0.5, 0.6) is 0 Å². The topological polar surface area (TPSA) is 3.24 Å². The number of alkyl halides is 1. The summed E-state index contributed by atoms with van der Waals surface area (Å²) in [6.07, 6.45) is 8.39. The van der Waals surface area contributed by atoms with E-state index in [1.54, 1.807) is 0 Å². The van der Waals surface area contributed by atoms with Crippen LogP contribution in [-0.2, 0) is 0 Å². The molecule has 0 amide bonds. The second kappa shape index (κ2) is 6.83. The van der Waals surface area contributed by atoms with Crippen LogP contribution >= 0.6 is 15.9 Å². The smallest absolute Gasteiger partial charge is 0.0193 e. The Kier molecular flexibility index (Phi) is 6.05. The SMILES string of the molecule is CCCCCCN1CCCC1CBr. The minimum absolute atomic E-state index is 0.835. The molecule has 1 aliphatic rings. The summed E-state index contributed by atoms with van der Waals surface area (Å²) in [5.74, 6) is 0. The van der Waals surface area contributed by atoms with Crippen LogP contribution in [0.1, 0.15) is 45.4 Å². The Morgan fingerprint density at radius 1 is 1.31 bits per heavy atom. The molecule has 0 bridgehead atoms. The summed E-state index contributed by atoms with van der Waals surface area (Å²) in [7, 11) is 0. The van der Waals surface area contributed by atoms with E-state index in [4.69, 9.17) is 0 Å². The van der Waals surface area contributed by atoms with Crippen molar-refractivity contribution in [3.05, 3.63) is 0 Å². The Labute approximate surface area is 91.0 Å². The summed E-state index contributed by atoms with van der Waals surface area (Å²) in [5, 5.41) is 1.17. The highest BCUT2D eigenvalue weighted by Gasteiger charge is 2.22. The molecule has 1 unspecified atom stereocenters. The van der Waals surface area contributed by atoms with Gasteiger partial charge in [-0.1, -0.05) is 42.1 Å². The fourth-order valence-corrected chi connectivity index (χ4v) is 2.84. The fourth-order valence-electron chi connectivity index (χ4n) is 2.11. The monoisotopic (exact) mass is 247 g/mol. The molecule has 1 aliphatic heterocycles. The molecule has 0 saturated carbocycles. The van der Waals surface area contributed by atoms with Gasteiger partial charge in [0, 0.05) is 11.4 Å². The quantitative estimate of drug-likeness (QED) is 0.514. The van der Waals surface area contributed by atoms with Gasteiger partial charge in [-0.2, -0.15) is 0 Å². The first-order valence-electron chi connectivity index (χ1n) is 5.68. The molecule has 0 N–H and O–H groups in total. The molecule has 0 spiro atoms. The molecular formula is C11H22BrN. The summed E-state index contributed by atoms with van der Waals surface area (Å²) in [6.45, 7) is 4.94. The van der Waals surface area contributed by atoms with Crippen LogP contribution in [0.15, 0.2) is 0 Å². The number of halogens is 1. The van der Waals surface area contributed by atoms with Gasteiger partial charge in [-0.3, -0.25) is 4.90 Å². The Hall–Kier alpha value is 0.440. The first-order valence-corrected chi connectivity index (χ1v) is 6.80. The third kappa shape index (κ3) is 3.99. The molecule has 1 fully saturated rings. The van der Waals surface area contributed by atoms with Crippen molar-refractivity contribution in [1.82, 2.24) is 4.90 Å². The van der Waals surface area contributed by atoms with Gasteiger partial charge in [-0.05, 0) is 32.4 Å². The third-order valence-corrected chi connectivity index (χ3v) is 3.72. The van der Waals surface area contributed by atoms with Crippen LogP contribution in [0.4, 0.5) is 0 Å². The lowest BCUT2D eigenvalue weighted by atomic mass is 10.2. The Bertz CT molecular complexity index is 127. The van der Waals surface area contributed by atoms with Crippen molar-refractivity contribution in [3.8, 4) is 0 Å². The van der Waals surface area contributed by atoms with Crippen molar-refractivity contribution in [2.24, 2.45) is 0 Å². The predicted molar refractivity (Wildman–Crippen MR) is 62.5 cm³/mol. The maximum absolute atomic E-state index is 3.60. The molecule has 0 aliphatic carbocycles. The van der Waals surface area contributed by atoms with E-state index in [9.17, 15) is 0 Å². The number of nitrogens with zero attached hydrogens (tertiary/aromatic N) is 1. The fraction of sp³-hybridized carbons (Fsp3) is 1.00. The molecule has 78 valence electrons. The molecule has 1 saturated heterocycles. The highest BCUT2D eigenvalue weighted by molar-refractivity contribution is 9.09. The average molecular weight is 248 g/mol. The average Bonchev–Trinajstić information content (AvgIpc) is 2.60. The van der Waals surface area contributed by atoms with E-state index in [1.165, 1.54) is 56.9 Å². The van der Waals surface area contributed by atoms with Gasteiger partial charge < -0.3 is 0 Å². The maximum atomic E-state index is 3.60. The van der Waals surface area contributed by atoms with E-state index in [0.29, 0.717) is 0 Å². The zero-order valence-electron chi connectivity index (χ0n) is 8.77. The molecule has 2 heteroatoms. The molecule has 1 heterocycles. The number of unbranched alkanes of at least 4 members (excludes halogenated alkanes) is 3. The van der Waals surface area contributed by atoms with Crippen LogP contribution < -0.4 is 0 Å². The molecule has 13 heavy (non-hydrogen) atoms. The first-order chi connectivity index (χ1) is 6.38. The molecule has 0 radical (unpaired) electrons. The Balaban J connectivity index is 2.06. The molecule has 1 rings (SSSR count). The third-order valence-electron chi connectivity index (χ3n) is 2.98. The lowest BCUT2D eigenvalue weighted by Gasteiger charge is -2.22. The number of likely N-dealkylation sites (tertiary alicyclic amines) is 1. The van der Waals surface area contributed by atoms with E-state index in [1.807, 2.05) is 0 Å². The lowest BCUT2D eigenvalue weighted by molar-refractivity contribution is 0.266. The second-order valence-electron chi connectivity index (χ2n) is 4.05. The van der Waals surface area contributed by atoms with Gasteiger partial charge in [-0.25, -0.2) is 0 Å². The normalized spacial score (nSPS) is 24.0. The first kappa shape index (κ1) is 11.5. The van der Waals surface area contributed by atoms with E-state index in [2.05, 4.69) is 27.8 Å². The summed E-state index contributed by atoms with van der Waals surface area (Å²) in [5.41, 5.74) is 0. The van der Waals surface area contributed by atoms with Crippen molar-refractivity contribution in [1.29, 1.82) is 0 Å². The van der Waals surface area contributed by atoms with E-state index < -0.39 is 0 Å². The summed E-state index contributed by atoms with van der Waals surface area (Å²) < 4.78 is 0. The largest absolute Gasteiger partial charge is 0.300 e. The van der Waals surface area contributed by atoms with Gasteiger partial charge in [0.1, 0.15) is 0 Å². The molecular weight excluding hydrogens is 226 g/mol. The summed E-state index contributed by atoms with van der Waals surface area (Å²) in [4.78, 5) is 2.66. The van der Waals surface area contributed by atoms with Crippen LogP contribution in [0.2, 0.25) is 0 Å². The minimum atomic E-state index is 0.835. The van der Waals surface area contributed by atoms with Crippen molar-refractivity contribution >= 4 is 15.9 Å². The highest BCUT2D eigenvalue weighted by Crippen LogP contribution is 2.19. The number of hydrogen-bond acceptors (Lipinski definition) is 1. The van der Waals surface area contributed by atoms with Gasteiger partial charge in [-0.15, -0.1) is 0 Å². The maximum Gasteiger partial charge on any atom is 0.0193 e. The second-order valence-corrected chi connectivity index (χ2v) is 4.69. The van der Waals surface area contributed by atoms with E-state index in [-0.39, 0.29) is 0 Å². The Morgan fingerprint density at radius 3 is 2.85 bits per heavy atom. The lowest BCUT2D eigenvalue weighted by Crippen LogP contribution is -2.31. The van der Waals surface area contributed by atoms with Gasteiger partial charge in [0.15, 0.2) is 0 Å². The zero-order chi connectivity index (χ0) is 9.52. The highest BCUT2D eigenvalue weighted by atomic mass is 79.9. The van der Waals surface area contributed by atoms with Crippen LogP contribution in [0.3, 0.4) is 0 Å². The van der Waals surface area contributed by atoms with Crippen LogP contribution in [-0.4, -0.2) is 29.4 Å². The number of rotatable bonds is 6. The summed E-state index contributed by atoms with van der Waals surface area (Å²) >= 11 is 3.60. The molecule has 1 atom stereocenters. The van der Waals surface area contributed by atoms with Gasteiger partial charge >= 0.3 is 0 Å². The van der Waals surface area contributed by atoms with Gasteiger partial charge in [0.25, 0.3) is 0 Å². The standard InChI is InChI=1S/C11H22BrN/c1-2-3-4-5-8-13-9-6-7-11(13)10-12/h11H,2-10H2,1H3. The van der Waals surface area contributed by atoms with Crippen molar-refractivity contribution in [2.45, 2.75) is 51.5 Å². The molecule has 0 aromatic carbocycles. The van der Waals surface area contributed by atoms with Crippen molar-refractivity contribution in [3.63, 3.8) is 0 Å². The van der Waals surface area contributed by atoms with E-state index >= 15 is 0 Å². The van der Waals surface area contributed by atoms with Gasteiger partial charge in [0.2, 0.25) is 0 Å². The number of hydrogen-bond donors (Lipinski definition) is 0. The molecule has 0 aromatic rings. The molecule has 0 aromatic heterocycles. The van der Waals surface area contributed by atoms with Crippen molar-refractivity contribution in [2.75, 3.05) is 18.4 Å². The molecule has 1 nitrogen and oxygen atoms in total. The minimum Gasteiger partial charge on any atom is -0.300 e. The predicted octanol–water partition coefficient (Wildman–Crippen LogP) is 3.43. The Morgan fingerprint density at radius 2 is 2.15 bits per heavy atom.